The molecule has 0 aromatic heterocycles. The number of hydrogen-bond donors (Lipinski definition) is 1. The van der Waals surface area contributed by atoms with Gasteiger partial charge in [-0.05, 0) is 89.4 Å². The van der Waals surface area contributed by atoms with Gasteiger partial charge in [0, 0.05) is 12.6 Å². The highest BCUT2D eigenvalue weighted by Gasteiger charge is 2.32. The molecule has 0 fully saturated rings. The summed E-state index contributed by atoms with van der Waals surface area (Å²) in [5.74, 6) is -0.776. The number of anilines is 1. The molecule has 0 aliphatic heterocycles. The van der Waals surface area contributed by atoms with E-state index >= 15 is 0 Å². The summed E-state index contributed by atoms with van der Waals surface area (Å²) in [6, 6.07) is 18.7. The van der Waals surface area contributed by atoms with Crippen molar-refractivity contribution in [2.24, 2.45) is 0 Å². The van der Waals surface area contributed by atoms with Crippen LogP contribution in [0.3, 0.4) is 0 Å². The third-order valence-electron chi connectivity index (χ3n) is 6.70. The maximum Gasteiger partial charge on any atom is 0.264 e. The van der Waals surface area contributed by atoms with Crippen LogP contribution in [0.1, 0.15) is 48.6 Å². The van der Waals surface area contributed by atoms with Crippen LogP contribution in [0.2, 0.25) is 0 Å². The highest BCUT2D eigenvalue weighted by atomic mass is 32.2. The van der Waals surface area contributed by atoms with E-state index in [2.05, 4.69) is 5.32 Å². The summed E-state index contributed by atoms with van der Waals surface area (Å²) in [5, 5.41) is 2.87. The van der Waals surface area contributed by atoms with E-state index in [1.807, 2.05) is 71.9 Å². The van der Waals surface area contributed by atoms with Crippen LogP contribution >= 0.6 is 0 Å². The zero-order valence-corrected chi connectivity index (χ0v) is 24.7. The van der Waals surface area contributed by atoms with E-state index in [1.165, 1.54) is 4.90 Å². The Hall–Kier alpha value is -3.65. The summed E-state index contributed by atoms with van der Waals surface area (Å²) in [7, 11) is -4.09. The van der Waals surface area contributed by atoms with E-state index in [1.54, 1.807) is 43.3 Å². The Balaban J connectivity index is 2.06. The second-order valence-electron chi connectivity index (χ2n) is 10.4. The van der Waals surface area contributed by atoms with Crippen LogP contribution in [0.5, 0.6) is 0 Å². The Morgan fingerprint density at radius 2 is 1.49 bits per heavy atom. The molecule has 1 N–H and O–H groups in total. The van der Waals surface area contributed by atoms with Gasteiger partial charge in [0.05, 0.1) is 10.6 Å². The van der Waals surface area contributed by atoms with Gasteiger partial charge in [-0.2, -0.15) is 0 Å². The molecule has 39 heavy (non-hydrogen) atoms. The summed E-state index contributed by atoms with van der Waals surface area (Å²) in [4.78, 5) is 28.5. The van der Waals surface area contributed by atoms with Crippen molar-refractivity contribution in [2.75, 3.05) is 10.8 Å². The van der Waals surface area contributed by atoms with Gasteiger partial charge in [0.1, 0.15) is 12.6 Å². The standard InChI is InChI=1S/C31H39N3O4S/c1-21(2)32-31(36)26(7)33(19-27-10-8-9-23(4)17-27)30(35)20-34(28-14-13-24(5)25(6)18-28)39(37,38)29-15-11-22(3)12-16-29/h8-18,21,26H,19-20H2,1-7H3,(H,32,36). The maximum atomic E-state index is 14.0. The van der Waals surface area contributed by atoms with Gasteiger partial charge in [-0.25, -0.2) is 8.42 Å². The van der Waals surface area contributed by atoms with E-state index < -0.39 is 28.5 Å². The smallest absolute Gasteiger partial charge is 0.264 e. The van der Waals surface area contributed by atoms with E-state index in [0.29, 0.717) is 5.69 Å². The second kappa shape index (κ2) is 12.5. The number of nitrogens with one attached hydrogen (secondary N) is 1. The highest BCUT2D eigenvalue weighted by Crippen LogP contribution is 2.27. The van der Waals surface area contributed by atoms with E-state index in [0.717, 1.165) is 32.1 Å². The minimum Gasteiger partial charge on any atom is -0.352 e. The molecule has 2 amide bonds. The van der Waals surface area contributed by atoms with Crippen molar-refractivity contribution in [3.8, 4) is 0 Å². The predicted octanol–water partition coefficient (Wildman–Crippen LogP) is 5.06. The van der Waals surface area contributed by atoms with E-state index in [9.17, 15) is 18.0 Å². The summed E-state index contributed by atoms with van der Waals surface area (Å²) < 4.78 is 29.0. The summed E-state index contributed by atoms with van der Waals surface area (Å²) >= 11 is 0. The number of sulfonamides is 1. The van der Waals surface area contributed by atoms with Gasteiger partial charge in [0.2, 0.25) is 11.8 Å². The number of nitrogens with zero attached hydrogens (tertiary/aromatic N) is 2. The van der Waals surface area contributed by atoms with Gasteiger partial charge in [0.25, 0.3) is 10.0 Å². The molecule has 1 atom stereocenters. The molecule has 3 aromatic rings. The summed E-state index contributed by atoms with van der Waals surface area (Å²) in [5.41, 5.74) is 5.12. The van der Waals surface area contributed by atoms with Crippen molar-refractivity contribution < 1.29 is 18.0 Å². The molecule has 7 nitrogen and oxygen atoms in total. The monoisotopic (exact) mass is 549 g/mol. The van der Waals surface area contributed by atoms with Gasteiger partial charge < -0.3 is 10.2 Å². The number of rotatable bonds is 10. The Morgan fingerprint density at radius 3 is 2.08 bits per heavy atom. The minimum atomic E-state index is -4.09. The van der Waals surface area contributed by atoms with Crippen LogP contribution in [0.4, 0.5) is 5.69 Å². The zero-order valence-electron chi connectivity index (χ0n) is 23.9. The number of aryl methyl sites for hydroxylation is 4. The molecule has 8 heteroatoms. The average Bonchev–Trinajstić information content (AvgIpc) is 2.87. The SMILES string of the molecule is Cc1ccc(S(=O)(=O)N(CC(=O)N(Cc2cccc(C)c2)C(C)C(=O)NC(C)C)c2ccc(C)c(C)c2)cc1. The van der Waals surface area contributed by atoms with Crippen LogP contribution in [0.15, 0.2) is 71.6 Å². The first-order valence-corrected chi connectivity index (χ1v) is 14.6. The Morgan fingerprint density at radius 1 is 0.821 bits per heavy atom. The Kier molecular flexibility index (Phi) is 9.56. The van der Waals surface area contributed by atoms with Crippen molar-refractivity contribution >= 4 is 27.5 Å². The first-order chi connectivity index (χ1) is 18.3. The van der Waals surface area contributed by atoms with Gasteiger partial charge in [0.15, 0.2) is 0 Å². The molecule has 1 unspecified atom stereocenters. The number of carbonyl (C=O) groups excluding carboxylic acids is 2. The topological polar surface area (TPSA) is 86.8 Å². The van der Waals surface area contributed by atoms with Crippen LogP contribution in [0.25, 0.3) is 0 Å². The quantitative estimate of drug-likeness (QED) is 0.383. The molecular weight excluding hydrogens is 510 g/mol. The summed E-state index contributed by atoms with van der Waals surface area (Å²) in [6.45, 7) is 12.8. The molecule has 0 aliphatic carbocycles. The third kappa shape index (κ3) is 7.47. The minimum absolute atomic E-state index is 0.0926. The Bertz CT molecular complexity index is 1430. The van der Waals surface area contributed by atoms with Crippen LogP contribution < -0.4 is 9.62 Å². The lowest BCUT2D eigenvalue weighted by Crippen LogP contribution is -2.52. The first-order valence-electron chi connectivity index (χ1n) is 13.1. The number of hydrogen-bond acceptors (Lipinski definition) is 4. The molecule has 208 valence electrons. The van der Waals surface area contributed by atoms with Crippen molar-refractivity contribution in [3.63, 3.8) is 0 Å². The van der Waals surface area contributed by atoms with Crippen molar-refractivity contribution in [1.82, 2.24) is 10.2 Å². The Labute approximate surface area is 232 Å². The molecule has 0 bridgehead atoms. The lowest BCUT2D eigenvalue weighted by molar-refractivity contribution is -0.139. The molecule has 3 aromatic carbocycles. The van der Waals surface area contributed by atoms with Crippen LogP contribution in [-0.2, 0) is 26.2 Å². The normalized spacial score (nSPS) is 12.2. The number of carbonyl (C=O) groups is 2. The molecule has 3 rings (SSSR count). The number of benzene rings is 3. The molecule has 0 aliphatic rings. The fourth-order valence-electron chi connectivity index (χ4n) is 4.24. The predicted molar refractivity (Wildman–Crippen MR) is 156 cm³/mol. The molecule has 0 radical (unpaired) electrons. The molecule has 0 heterocycles. The van der Waals surface area contributed by atoms with Gasteiger partial charge in [-0.15, -0.1) is 0 Å². The number of amides is 2. The van der Waals surface area contributed by atoms with Gasteiger partial charge >= 0.3 is 0 Å². The van der Waals surface area contributed by atoms with Crippen molar-refractivity contribution in [2.45, 2.75) is 72.0 Å². The van der Waals surface area contributed by atoms with Gasteiger partial charge in [-0.3, -0.25) is 13.9 Å². The fraction of sp³-hybridized carbons (Fsp3) is 0.355. The average molecular weight is 550 g/mol. The zero-order chi connectivity index (χ0) is 28.9. The largest absolute Gasteiger partial charge is 0.352 e. The molecule has 0 saturated carbocycles. The van der Waals surface area contributed by atoms with E-state index in [-0.39, 0.29) is 23.4 Å². The molecular formula is C31H39N3O4S. The molecule has 0 spiro atoms. The second-order valence-corrected chi connectivity index (χ2v) is 12.3. The summed E-state index contributed by atoms with van der Waals surface area (Å²) in [6.07, 6.45) is 0. The van der Waals surface area contributed by atoms with Crippen LogP contribution in [0, 0.1) is 27.7 Å². The fourth-order valence-corrected chi connectivity index (χ4v) is 5.65. The van der Waals surface area contributed by atoms with Crippen LogP contribution in [-0.4, -0.2) is 43.8 Å². The third-order valence-corrected chi connectivity index (χ3v) is 8.49. The van der Waals surface area contributed by atoms with E-state index in [4.69, 9.17) is 0 Å². The van der Waals surface area contributed by atoms with Crippen molar-refractivity contribution in [3.05, 3.63) is 94.5 Å². The first kappa shape index (κ1) is 29.9. The highest BCUT2D eigenvalue weighted by molar-refractivity contribution is 7.92. The van der Waals surface area contributed by atoms with Crippen molar-refractivity contribution in [1.29, 1.82) is 0 Å². The lowest BCUT2D eigenvalue weighted by atomic mass is 10.1. The molecule has 0 saturated heterocycles. The van der Waals surface area contributed by atoms with Gasteiger partial charge in [-0.1, -0.05) is 53.6 Å². The maximum absolute atomic E-state index is 14.0. The lowest BCUT2D eigenvalue weighted by Gasteiger charge is -2.32.